The predicted molar refractivity (Wildman–Crippen MR) is 134 cm³/mol. The van der Waals surface area contributed by atoms with Crippen molar-refractivity contribution in [2.75, 3.05) is 26.9 Å². The average molecular weight is 517 g/mol. The number of fused-ring (bicyclic) bond motifs is 1. The van der Waals surface area contributed by atoms with Gasteiger partial charge in [0.1, 0.15) is 6.61 Å². The normalized spacial score (nSPS) is 11.9. The zero-order valence-corrected chi connectivity index (χ0v) is 20.4. The van der Waals surface area contributed by atoms with Crippen molar-refractivity contribution in [1.82, 2.24) is 9.38 Å². The summed E-state index contributed by atoms with van der Waals surface area (Å²) in [5, 5.41) is 1.72. The van der Waals surface area contributed by atoms with Gasteiger partial charge in [-0.25, -0.2) is 4.98 Å². The van der Waals surface area contributed by atoms with Crippen molar-refractivity contribution in [2.24, 2.45) is 0 Å². The van der Waals surface area contributed by atoms with Gasteiger partial charge in [0, 0.05) is 23.7 Å². The topological polar surface area (TPSA) is 62.1 Å². The molecule has 0 bridgehead atoms. The fourth-order valence-corrected chi connectivity index (χ4v) is 4.32. The third-order valence-electron chi connectivity index (χ3n) is 5.32. The van der Waals surface area contributed by atoms with Gasteiger partial charge in [-0.1, -0.05) is 24.3 Å². The molecule has 0 atom stereocenters. The molecule has 0 saturated carbocycles. The molecular formula is C26H23F3N2O4S. The summed E-state index contributed by atoms with van der Waals surface area (Å²) in [4.78, 5) is 18.4. The second kappa shape index (κ2) is 11.0. The number of methoxy groups -OCH3 is 1. The van der Waals surface area contributed by atoms with Gasteiger partial charge in [-0.2, -0.15) is 13.2 Å². The molecule has 10 heteroatoms. The second-order valence-electron chi connectivity index (χ2n) is 7.57. The summed E-state index contributed by atoms with van der Waals surface area (Å²) in [6.45, 7) is 3.18. The number of halogens is 3. The van der Waals surface area contributed by atoms with Crippen LogP contribution in [0.1, 0.15) is 23.7 Å². The zero-order chi connectivity index (χ0) is 25.7. The van der Waals surface area contributed by atoms with Crippen LogP contribution < -0.4 is 15.0 Å². The minimum absolute atomic E-state index is 0.192. The van der Waals surface area contributed by atoms with E-state index in [1.165, 1.54) is 35.0 Å². The van der Waals surface area contributed by atoms with Crippen LogP contribution in [0.4, 0.5) is 13.2 Å². The summed E-state index contributed by atoms with van der Waals surface area (Å²) in [6.07, 6.45) is 0.496. The fourth-order valence-electron chi connectivity index (χ4n) is 3.61. The highest BCUT2D eigenvalue weighted by Gasteiger charge is 2.30. The van der Waals surface area contributed by atoms with E-state index in [9.17, 15) is 18.0 Å². The van der Waals surface area contributed by atoms with Gasteiger partial charge in [-0.3, -0.25) is 9.20 Å². The van der Waals surface area contributed by atoms with Crippen LogP contribution in [-0.4, -0.2) is 36.3 Å². The highest BCUT2D eigenvalue weighted by atomic mass is 32.1. The van der Waals surface area contributed by atoms with E-state index in [0.717, 1.165) is 12.1 Å². The van der Waals surface area contributed by atoms with E-state index in [1.807, 2.05) is 13.0 Å². The van der Waals surface area contributed by atoms with Crippen LogP contribution in [0.3, 0.4) is 0 Å². The number of alkyl halides is 3. The Bertz CT molecular complexity index is 1430. The van der Waals surface area contributed by atoms with Gasteiger partial charge in [-0.05, 0) is 42.8 Å². The van der Waals surface area contributed by atoms with Crippen molar-refractivity contribution in [2.45, 2.75) is 13.1 Å². The first-order chi connectivity index (χ1) is 17.3. The fraction of sp³-hybridized carbons (Fsp3) is 0.231. The first-order valence-corrected chi connectivity index (χ1v) is 11.9. The number of rotatable bonds is 9. The Morgan fingerprint density at radius 3 is 2.56 bits per heavy atom. The van der Waals surface area contributed by atoms with E-state index < -0.39 is 11.7 Å². The largest absolute Gasteiger partial charge is 0.493 e. The standard InChI is InChI=1S/C26H23F3N2O4S/c1-3-34-14-15-35-23-18(5-4-6-21(23)33-2)9-12-20-22(24(32)31-13-16-36-25(31)30-20)17-7-10-19(11-8-17)26(27,28)29/h4-13,16H,3,14-15H2,1-2H3/b12-9+. The smallest absolute Gasteiger partial charge is 0.416 e. The Kier molecular flexibility index (Phi) is 7.76. The predicted octanol–water partition coefficient (Wildman–Crippen LogP) is 6.04. The molecule has 0 radical (unpaired) electrons. The molecule has 4 rings (SSSR count). The molecule has 0 amide bonds. The SMILES string of the molecule is CCOCCOc1c(/C=C/c2nc3sccn3c(=O)c2-c2ccc(C(F)(F)F)cc2)cccc1OC. The molecule has 2 heterocycles. The molecule has 0 aliphatic rings. The van der Waals surface area contributed by atoms with E-state index >= 15 is 0 Å². The summed E-state index contributed by atoms with van der Waals surface area (Å²) in [5.41, 5.74) is 0.359. The van der Waals surface area contributed by atoms with Gasteiger partial charge in [-0.15, -0.1) is 11.3 Å². The van der Waals surface area contributed by atoms with Crippen LogP contribution in [0.5, 0.6) is 11.5 Å². The molecule has 2 aromatic carbocycles. The van der Waals surface area contributed by atoms with Gasteiger partial charge in [0.05, 0.1) is 30.5 Å². The number of aromatic nitrogens is 2. The summed E-state index contributed by atoms with van der Waals surface area (Å²) >= 11 is 1.28. The van der Waals surface area contributed by atoms with Crippen molar-refractivity contribution in [3.63, 3.8) is 0 Å². The molecule has 0 N–H and O–H groups in total. The molecule has 0 fully saturated rings. The lowest BCUT2D eigenvalue weighted by Crippen LogP contribution is -2.17. The van der Waals surface area contributed by atoms with Crippen LogP contribution in [0, 0.1) is 0 Å². The number of para-hydroxylation sites is 1. The lowest BCUT2D eigenvalue weighted by Gasteiger charge is -2.13. The van der Waals surface area contributed by atoms with Crippen LogP contribution in [-0.2, 0) is 10.9 Å². The number of ether oxygens (including phenoxy) is 3. The molecule has 36 heavy (non-hydrogen) atoms. The van der Waals surface area contributed by atoms with E-state index in [-0.39, 0.29) is 11.1 Å². The minimum atomic E-state index is -4.48. The minimum Gasteiger partial charge on any atom is -0.493 e. The molecule has 0 aliphatic heterocycles. The average Bonchev–Trinajstić information content (AvgIpc) is 3.34. The van der Waals surface area contributed by atoms with Gasteiger partial charge in [0.25, 0.3) is 5.56 Å². The van der Waals surface area contributed by atoms with E-state index in [2.05, 4.69) is 4.98 Å². The Hall–Kier alpha value is -3.63. The van der Waals surface area contributed by atoms with Gasteiger partial charge in [0.2, 0.25) is 0 Å². The van der Waals surface area contributed by atoms with Crippen molar-refractivity contribution in [3.8, 4) is 22.6 Å². The second-order valence-corrected chi connectivity index (χ2v) is 8.44. The molecule has 188 valence electrons. The number of nitrogens with zero attached hydrogens (tertiary/aromatic N) is 2. The van der Waals surface area contributed by atoms with Gasteiger partial charge < -0.3 is 14.2 Å². The van der Waals surface area contributed by atoms with Crippen molar-refractivity contribution >= 4 is 28.4 Å². The van der Waals surface area contributed by atoms with Crippen molar-refractivity contribution in [1.29, 1.82) is 0 Å². The molecule has 4 aromatic rings. The number of hydrogen-bond acceptors (Lipinski definition) is 6. The Morgan fingerprint density at radius 2 is 1.86 bits per heavy atom. The maximum Gasteiger partial charge on any atom is 0.416 e. The third-order valence-corrected chi connectivity index (χ3v) is 6.08. The van der Waals surface area contributed by atoms with Gasteiger partial charge >= 0.3 is 6.18 Å². The molecule has 0 aliphatic carbocycles. The quantitative estimate of drug-likeness (QED) is 0.254. The van der Waals surface area contributed by atoms with Crippen molar-refractivity contribution in [3.05, 3.63) is 81.2 Å². The van der Waals surface area contributed by atoms with E-state index in [0.29, 0.717) is 53.1 Å². The first kappa shape index (κ1) is 25.5. The number of benzene rings is 2. The lowest BCUT2D eigenvalue weighted by atomic mass is 10.0. The Morgan fingerprint density at radius 1 is 1.08 bits per heavy atom. The Labute approximate surface area is 209 Å². The van der Waals surface area contributed by atoms with Gasteiger partial charge in [0.15, 0.2) is 16.5 Å². The molecule has 0 saturated heterocycles. The molecule has 0 spiro atoms. The summed E-state index contributed by atoms with van der Waals surface area (Å²) in [6, 6.07) is 9.87. The number of thiazole rings is 1. The van der Waals surface area contributed by atoms with Crippen molar-refractivity contribution < 1.29 is 27.4 Å². The lowest BCUT2D eigenvalue weighted by molar-refractivity contribution is -0.137. The van der Waals surface area contributed by atoms with Crippen LogP contribution in [0.25, 0.3) is 28.2 Å². The first-order valence-electron chi connectivity index (χ1n) is 11.1. The maximum absolute atomic E-state index is 13.3. The monoisotopic (exact) mass is 516 g/mol. The molecular weight excluding hydrogens is 493 g/mol. The van der Waals surface area contributed by atoms with Crippen LogP contribution in [0.15, 0.2) is 58.8 Å². The Balaban J connectivity index is 1.78. The molecule has 0 unspecified atom stereocenters. The van der Waals surface area contributed by atoms with Crippen LogP contribution >= 0.6 is 11.3 Å². The number of hydrogen-bond donors (Lipinski definition) is 0. The highest BCUT2D eigenvalue weighted by molar-refractivity contribution is 7.15. The maximum atomic E-state index is 13.3. The zero-order valence-electron chi connectivity index (χ0n) is 19.5. The van der Waals surface area contributed by atoms with Crippen LogP contribution in [0.2, 0.25) is 0 Å². The molecule has 6 nitrogen and oxygen atoms in total. The molecule has 2 aromatic heterocycles. The highest BCUT2D eigenvalue weighted by Crippen LogP contribution is 2.34. The van der Waals surface area contributed by atoms with E-state index in [4.69, 9.17) is 14.2 Å². The summed E-state index contributed by atoms with van der Waals surface area (Å²) < 4.78 is 57.3. The summed E-state index contributed by atoms with van der Waals surface area (Å²) in [5.74, 6) is 1.03. The van der Waals surface area contributed by atoms with E-state index in [1.54, 1.807) is 35.9 Å². The third kappa shape index (κ3) is 5.44. The summed E-state index contributed by atoms with van der Waals surface area (Å²) in [7, 11) is 1.54.